The van der Waals surface area contributed by atoms with Crippen molar-refractivity contribution in [3.8, 4) is 23.0 Å². The summed E-state index contributed by atoms with van der Waals surface area (Å²) in [5.41, 5.74) is 4.18. The topological polar surface area (TPSA) is 88.4 Å². The molecule has 0 fully saturated rings. The van der Waals surface area contributed by atoms with Gasteiger partial charge in [-0.25, -0.2) is 0 Å². The summed E-state index contributed by atoms with van der Waals surface area (Å²) < 4.78 is 24.1. The van der Waals surface area contributed by atoms with E-state index in [1.807, 2.05) is 17.7 Å². The van der Waals surface area contributed by atoms with E-state index < -0.39 is 0 Å². The summed E-state index contributed by atoms with van der Waals surface area (Å²) in [5, 5.41) is 12.2. The molecule has 2 aliphatic rings. The van der Waals surface area contributed by atoms with Gasteiger partial charge in [-0.05, 0) is 19.9 Å². The number of nitrogens with zero attached hydrogens (tertiary/aromatic N) is 3. The third-order valence-corrected chi connectivity index (χ3v) is 5.32. The van der Waals surface area contributed by atoms with Crippen LogP contribution < -0.4 is 24.3 Å². The van der Waals surface area contributed by atoms with Gasteiger partial charge in [-0.2, -0.15) is 5.10 Å². The van der Waals surface area contributed by atoms with Crippen molar-refractivity contribution in [3.63, 3.8) is 0 Å². The monoisotopic (exact) mass is 416 g/mol. The predicted octanol–water partition coefficient (Wildman–Crippen LogP) is 2.43. The number of aryl methyl sites for hydroxylation is 2. The number of hydrogen-bond donors (Lipinski definition) is 1. The highest BCUT2D eigenvalue weighted by Gasteiger charge is 2.30. The van der Waals surface area contributed by atoms with E-state index in [1.54, 1.807) is 14.2 Å². The number of aromatic nitrogens is 2. The average molecular weight is 416 g/mol. The molecule has 0 unspecified atom stereocenters. The van der Waals surface area contributed by atoms with Crippen molar-refractivity contribution in [3.05, 3.63) is 29.1 Å². The zero-order valence-corrected chi connectivity index (χ0v) is 17.9. The third kappa shape index (κ3) is 4.02. The van der Waals surface area contributed by atoms with Crippen LogP contribution in [0.5, 0.6) is 23.0 Å². The highest BCUT2D eigenvalue weighted by atomic mass is 16.7. The second kappa shape index (κ2) is 8.83. The first-order valence-electron chi connectivity index (χ1n) is 10.1. The molecule has 0 saturated heterocycles. The zero-order chi connectivity index (χ0) is 21.1. The molecule has 0 aliphatic carbocycles. The van der Waals surface area contributed by atoms with E-state index in [-0.39, 0.29) is 12.9 Å². The lowest BCUT2D eigenvalue weighted by Gasteiger charge is -2.15. The normalized spacial score (nSPS) is 17.1. The summed E-state index contributed by atoms with van der Waals surface area (Å²) in [6.07, 6.45) is 3.40. The Morgan fingerprint density at radius 1 is 1.17 bits per heavy atom. The molecule has 9 heteroatoms. The van der Waals surface area contributed by atoms with Crippen molar-refractivity contribution in [1.82, 2.24) is 15.1 Å². The van der Waals surface area contributed by atoms with Crippen LogP contribution in [0.25, 0.3) is 0 Å². The minimum Gasteiger partial charge on any atom is -0.493 e. The van der Waals surface area contributed by atoms with E-state index in [9.17, 15) is 0 Å². The molecule has 3 heterocycles. The molecule has 1 N–H and O–H groups in total. The Balaban J connectivity index is 1.34. The Labute approximate surface area is 175 Å². The van der Waals surface area contributed by atoms with E-state index in [1.165, 1.54) is 5.56 Å². The van der Waals surface area contributed by atoms with Crippen molar-refractivity contribution in [2.75, 3.05) is 27.6 Å². The summed E-state index contributed by atoms with van der Waals surface area (Å²) in [4.78, 5) is 5.67. The molecule has 2 aliphatic heterocycles. The number of nitrogens with one attached hydrogen (secondary N) is 1. The van der Waals surface area contributed by atoms with E-state index in [0.717, 1.165) is 36.5 Å². The Bertz CT molecular complexity index is 940. The molecule has 4 rings (SSSR count). The maximum Gasteiger partial charge on any atom is 0.231 e. The molecular weight excluding hydrogens is 388 g/mol. The fourth-order valence-corrected chi connectivity index (χ4v) is 3.77. The third-order valence-electron chi connectivity index (χ3n) is 5.32. The van der Waals surface area contributed by atoms with Crippen LogP contribution in [-0.4, -0.2) is 49.2 Å². The second-order valence-electron chi connectivity index (χ2n) is 7.33. The second-order valence-corrected chi connectivity index (χ2v) is 7.33. The Hall–Kier alpha value is -2.94. The number of hydrogen-bond acceptors (Lipinski definition) is 8. The smallest absolute Gasteiger partial charge is 0.231 e. The van der Waals surface area contributed by atoms with Gasteiger partial charge in [0.05, 0.1) is 25.6 Å². The molecule has 1 aromatic carbocycles. The standard InChI is InChI=1S/C21H28N4O5/c1-5-25-11-15(13(2)23-25)9-22-10-16-8-17(30-24-16)6-14-7-18(26-3)20-21(19(14)27-4)29-12-28-20/h7,11,17,22H,5-6,8-10,12H2,1-4H3/t17-/m0/s1. The summed E-state index contributed by atoms with van der Waals surface area (Å²) >= 11 is 0. The first kappa shape index (κ1) is 20.3. The van der Waals surface area contributed by atoms with E-state index in [0.29, 0.717) is 36.0 Å². The molecule has 1 aromatic heterocycles. The molecule has 0 saturated carbocycles. The van der Waals surface area contributed by atoms with Crippen LogP contribution in [-0.2, 0) is 24.3 Å². The molecule has 30 heavy (non-hydrogen) atoms. The lowest BCUT2D eigenvalue weighted by Crippen LogP contribution is -2.23. The van der Waals surface area contributed by atoms with Gasteiger partial charge in [0, 0.05) is 49.8 Å². The minimum atomic E-state index is -0.0645. The quantitative estimate of drug-likeness (QED) is 0.672. The van der Waals surface area contributed by atoms with E-state index in [2.05, 4.69) is 28.7 Å². The maximum atomic E-state index is 5.67. The number of ether oxygens (including phenoxy) is 4. The van der Waals surface area contributed by atoms with Crippen LogP contribution in [0.3, 0.4) is 0 Å². The van der Waals surface area contributed by atoms with Crippen LogP contribution in [0, 0.1) is 6.92 Å². The van der Waals surface area contributed by atoms with Crippen LogP contribution in [0.1, 0.15) is 30.2 Å². The van der Waals surface area contributed by atoms with E-state index in [4.69, 9.17) is 23.8 Å². The molecule has 2 aromatic rings. The average Bonchev–Trinajstić information content (AvgIpc) is 3.48. The first-order valence-corrected chi connectivity index (χ1v) is 10.1. The highest BCUT2D eigenvalue weighted by Crippen LogP contribution is 2.49. The van der Waals surface area contributed by atoms with Gasteiger partial charge in [0.25, 0.3) is 0 Å². The molecule has 0 spiro atoms. The SMILES string of the molecule is CCn1cc(CNCC2=NO[C@@H](Cc3cc(OC)c4c(c3OC)OCO4)C2)c(C)n1. The van der Waals surface area contributed by atoms with Crippen molar-refractivity contribution < 1.29 is 23.8 Å². The highest BCUT2D eigenvalue weighted by molar-refractivity contribution is 5.87. The predicted molar refractivity (Wildman–Crippen MR) is 111 cm³/mol. The molecular formula is C21H28N4O5. The summed E-state index contributed by atoms with van der Waals surface area (Å²) in [6.45, 7) is 6.57. The number of fused-ring (bicyclic) bond motifs is 1. The van der Waals surface area contributed by atoms with Gasteiger partial charge in [-0.15, -0.1) is 0 Å². The van der Waals surface area contributed by atoms with Crippen molar-refractivity contribution in [1.29, 1.82) is 0 Å². The fraction of sp³-hybridized carbons (Fsp3) is 0.524. The molecule has 0 radical (unpaired) electrons. The van der Waals surface area contributed by atoms with Gasteiger partial charge >= 0.3 is 0 Å². The van der Waals surface area contributed by atoms with Crippen LogP contribution >= 0.6 is 0 Å². The largest absolute Gasteiger partial charge is 0.493 e. The van der Waals surface area contributed by atoms with Gasteiger partial charge in [0.2, 0.25) is 18.3 Å². The zero-order valence-electron chi connectivity index (χ0n) is 17.9. The van der Waals surface area contributed by atoms with Gasteiger partial charge in [0.15, 0.2) is 11.5 Å². The van der Waals surface area contributed by atoms with Gasteiger partial charge in [-0.3, -0.25) is 4.68 Å². The molecule has 162 valence electrons. The van der Waals surface area contributed by atoms with E-state index >= 15 is 0 Å². The van der Waals surface area contributed by atoms with Crippen LogP contribution in [0.2, 0.25) is 0 Å². The van der Waals surface area contributed by atoms with Crippen LogP contribution in [0.4, 0.5) is 0 Å². The van der Waals surface area contributed by atoms with Gasteiger partial charge in [0.1, 0.15) is 6.10 Å². The lowest BCUT2D eigenvalue weighted by molar-refractivity contribution is 0.0853. The summed E-state index contributed by atoms with van der Waals surface area (Å²) in [6, 6.07) is 1.92. The van der Waals surface area contributed by atoms with Gasteiger partial charge < -0.3 is 29.1 Å². The number of methoxy groups -OCH3 is 2. The van der Waals surface area contributed by atoms with Gasteiger partial charge in [-0.1, -0.05) is 5.16 Å². The van der Waals surface area contributed by atoms with Crippen molar-refractivity contribution >= 4 is 5.71 Å². The van der Waals surface area contributed by atoms with Crippen LogP contribution in [0.15, 0.2) is 17.4 Å². The Morgan fingerprint density at radius 2 is 2.00 bits per heavy atom. The number of benzene rings is 1. The summed E-state index contributed by atoms with van der Waals surface area (Å²) in [5.74, 6) is 2.44. The number of rotatable bonds is 9. The Morgan fingerprint density at radius 3 is 2.73 bits per heavy atom. The molecule has 0 bridgehead atoms. The summed E-state index contributed by atoms with van der Waals surface area (Å²) in [7, 11) is 3.23. The van der Waals surface area contributed by atoms with Crippen molar-refractivity contribution in [2.45, 2.75) is 45.9 Å². The minimum absolute atomic E-state index is 0.0645. The Kier molecular flexibility index (Phi) is 5.98. The molecule has 0 amide bonds. The number of oxime groups is 1. The maximum absolute atomic E-state index is 5.67. The lowest BCUT2D eigenvalue weighted by atomic mass is 10.0. The molecule has 9 nitrogen and oxygen atoms in total. The van der Waals surface area contributed by atoms with Crippen molar-refractivity contribution in [2.24, 2.45) is 5.16 Å². The molecule has 1 atom stereocenters. The fourth-order valence-electron chi connectivity index (χ4n) is 3.77. The first-order chi connectivity index (χ1) is 14.6.